The van der Waals surface area contributed by atoms with Crippen LogP contribution >= 0.6 is 0 Å². The van der Waals surface area contributed by atoms with E-state index in [1.807, 2.05) is 37.4 Å². The number of carbonyl (C=O) groups excluding carboxylic acids is 2. The fourth-order valence-electron chi connectivity index (χ4n) is 4.49. The Kier molecular flexibility index (Phi) is 6.94. The van der Waals surface area contributed by atoms with E-state index in [1.54, 1.807) is 17.8 Å². The van der Waals surface area contributed by atoms with Crippen LogP contribution in [0.2, 0.25) is 0 Å². The van der Waals surface area contributed by atoms with Crippen LogP contribution in [0.25, 0.3) is 11.3 Å². The van der Waals surface area contributed by atoms with Gasteiger partial charge >= 0.3 is 0 Å². The second-order valence-electron chi connectivity index (χ2n) is 10.5. The van der Waals surface area contributed by atoms with Gasteiger partial charge in [0.1, 0.15) is 6.04 Å². The molecule has 1 aliphatic heterocycles. The van der Waals surface area contributed by atoms with Crippen LogP contribution < -0.4 is 0 Å². The van der Waals surface area contributed by atoms with Gasteiger partial charge in [-0.25, -0.2) is 4.98 Å². The van der Waals surface area contributed by atoms with Gasteiger partial charge in [-0.3, -0.25) is 14.3 Å². The SMILES string of the molecule is Cc1ncoc1-c1ccc(CCC(=O)C2CC(O)CN2C(=O)C(C)n2cc(C(C)(C)C)cn2)cc1. The van der Waals surface area contributed by atoms with Crippen LogP contribution in [-0.2, 0) is 21.4 Å². The van der Waals surface area contributed by atoms with Crippen molar-refractivity contribution >= 4 is 11.7 Å². The number of β-amino-alcohol motifs (C(OH)–C–C–N with tert-alkyl or cyclic N) is 1. The van der Waals surface area contributed by atoms with Crippen molar-refractivity contribution < 1.29 is 19.1 Å². The molecule has 3 atom stereocenters. The second-order valence-corrected chi connectivity index (χ2v) is 10.5. The van der Waals surface area contributed by atoms with Crippen LogP contribution in [0.5, 0.6) is 0 Å². The third-order valence-electron chi connectivity index (χ3n) is 6.78. The van der Waals surface area contributed by atoms with Gasteiger partial charge in [0.15, 0.2) is 17.9 Å². The molecule has 8 heteroatoms. The molecule has 1 saturated heterocycles. The average molecular weight is 479 g/mol. The third kappa shape index (κ3) is 5.37. The zero-order chi connectivity index (χ0) is 25.3. The molecule has 3 unspecified atom stereocenters. The Morgan fingerprint density at radius 1 is 1.23 bits per heavy atom. The summed E-state index contributed by atoms with van der Waals surface area (Å²) in [7, 11) is 0. The van der Waals surface area contributed by atoms with Gasteiger partial charge in [0.25, 0.3) is 0 Å². The van der Waals surface area contributed by atoms with Crippen LogP contribution in [0.3, 0.4) is 0 Å². The number of hydrogen-bond acceptors (Lipinski definition) is 6. The number of aromatic nitrogens is 3. The van der Waals surface area contributed by atoms with E-state index in [-0.39, 0.29) is 30.1 Å². The molecule has 1 N–H and O–H groups in total. The Bertz CT molecular complexity index is 1190. The summed E-state index contributed by atoms with van der Waals surface area (Å²) in [4.78, 5) is 32.1. The number of oxazole rings is 1. The van der Waals surface area contributed by atoms with E-state index in [4.69, 9.17) is 4.42 Å². The first-order valence-electron chi connectivity index (χ1n) is 12.1. The number of aliphatic hydroxyl groups is 1. The number of aliphatic hydroxyl groups excluding tert-OH is 1. The largest absolute Gasteiger partial charge is 0.443 e. The van der Waals surface area contributed by atoms with Crippen molar-refractivity contribution in [2.24, 2.45) is 0 Å². The van der Waals surface area contributed by atoms with Crippen molar-refractivity contribution in [2.45, 2.75) is 77.5 Å². The molecule has 186 valence electrons. The summed E-state index contributed by atoms with van der Waals surface area (Å²) >= 11 is 0. The summed E-state index contributed by atoms with van der Waals surface area (Å²) in [6.45, 7) is 10.1. The molecular formula is C27H34N4O4. The number of Topliss-reactive ketones (excluding diaryl/α,β-unsaturated/α-hetero) is 1. The molecule has 0 saturated carbocycles. The highest BCUT2D eigenvalue weighted by atomic mass is 16.3. The molecule has 0 spiro atoms. The number of benzene rings is 1. The van der Waals surface area contributed by atoms with Crippen LogP contribution in [0.15, 0.2) is 47.5 Å². The normalized spacial score (nSPS) is 19.2. The molecule has 8 nitrogen and oxygen atoms in total. The van der Waals surface area contributed by atoms with Crippen molar-refractivity contribution in [2.75, 3.05) is 6.54 Å². The van der Waals surface area contributed by atoms with E-state index >= 15 is 0 Å². The molecular weight excluding hydrogens is 444 g/mol. The number of hydrogen-bond donors (Lipinski definition) is 1. The van der Waals surface area contributed by atoms with E-state index in [1.165, 1.54) is 11.3 Å². The first-order chi connectivity index (χ1) is 16.5. The predicted molar refractivity (Wildman–Crippen MR) is 132 cm³/mol. The van der Waals surface area contributed by atoms with Crippen LogP contribution in [0, 0.1) is 6.92 Å². The minimum absolute atomic E-state index is 0.0342. The number of likely N-dealkylation sites (tertiary alicyclic amines) is 1. The molecule has 35 heavy (non-hydrogen) atoms. The van der Waals surface area contributed by atoms with Crippen molar-refractivity contribution in [1.82, 2.24) is 19.7 Å². The molecule has 1 amide bonds. The van der Waals surface area contributed by atoms with Crippen LogP contribution in [0.4, 0.5) is 0 Å². The second kappa shape index (κ2) is 9.77. The molecule has 0 radical (unpaired) electrons. The molecule has 1 aliphatic rings. The summed E-state index contributed by atoms with van der Waals surface area (Å²) in [5.41, 5.74) is 3.75. The van der Waals surface area contributed by atoms with Gasteiger partial charge in [0.05, 0.1) is 24.0 Å². The standard InChI is InChI=1S/C27H34N4O4/c1-17-25(35-16-28-17)20-9-6-19(7-10-20)8-11-24(33)23-12-22(32)15-30(23)26(34)18(2)31-14-21(13-29-31)27(3,4)5/h6-7,9-10,13-14,16,18,22-23,32H,8,11-12,15H2,1-5H3. The molecule has 3 heterocycles. The number of rotatable bonds is 7. The average Bonchev–Trinajstić information content (AvgIpc) is 3.56. The lowest BCUT2D eigenvalue weighted by Gasteiger charge is -2.26. The van der Waals surface area contributed by atoms with Crippen molar-refractivity contribution in [3.63, 3.8) is 0 Å². The molecule has 0 aliphatic carbocycles. The summed E-state index contributed by atoms with van der Waals surface area (Å²) in [6, 6.07) is 6.69. The Hall–Kier alpha value is -3.26. The van der Waals surface area contributed by atoms with Crippen molar-refractivity contribution in [1.29, 1.82) is 0 Å². The van der Waals surface area contributed by atoms with E-state index in [0.717, 1.165) is 28.1 Å². The lowest BCUT2D eigenvalue weighted by molar-refractivity contribution is -0.140. The number of aryl methyl sites for hydroxylation is 2. The topological polar surface area (TPSA) is 101 Å². The summed E-state index contributed by atoms with van der Waals surface area (Å²) < 4.78 is 7.08. The van der Waals surface area contributed by atoms with Gasteiger partial charge in [-0.15, -0.1) is 0 Å². The first kappa shape index (κ1) is 24.9. The molecule has 1 fully saturated rings. The van der Waals surface area contributed by atoms with Crippen molar-refractivity contribution in [3.8, 4) is 11.3 Å². The Morgan fingerprint density at radius 3 is 2.54 bits per heavy atom. The number of carbonyl (C=O) groups is 2. The lowest BCUT2D eigenvalue weighted by atomic mass is 9.90. The quantitative estimate of drug-likeness (QED) is 0.553. The molecule has 3 aromatic rings. The van der Waals surface area contributed by atoms with Crippen LogP contribution in [0.1, 0.15) is 63.4 Å². The fourth-order valence-corrected chi connectivity index (χ4v) is 4.49. The van der Waals surface area contributed by atoms with Gasteiger partial charge in [-0.05, 0) is 36.8 Å². The maximum Gasteiger partial charge on any atom is 0.247 e. The molecule has 1 aromatic carbocycles. The Balaban J connectivity index is 1.40. The maximum atomic E-state index is 13.3. The monoisotopic (exact) mass is 478 g/mol. The number of ketones is 1. The lowest BCUT2D eigenvalue weighted by Crippen LogP contribution is -2.44. The van der Waals surface area contributed by atoms with E-state index in [0.29, 0.717) is 12.8 Å². The van der Waals surface area contributed by atoms with Gasteiger partial charge in [0.2, 0.25) is 5.91 Å². The van der Waals surface area contributed by atoms with Gasteiger partial charge < -0.3 is 14.4 Å². The minimum Gasteiger partial charge on any atom is -0.443 e. The number of amides is 1. The number of nitrogens with zero attached hydrogens (tertiary/aromatic N) is 4. The predicted octanol–water partition coefficient (Wildman–Crippen LogP) is 3.87. The van der Waals surface area contributed by atoms with E-state index in [9.17, 15) is 14.7 Å². The maximum absolute atomic E-state index is 13.3. The van der Waals surface area contributed by atoms with Gasteiger partial charge in [-0.2, -0.15) is 5.10 Å². The van der Waals surface area contributed by atoms with E-state index in [2.05, 4.69) is 30.9 Å². The smallest absolute Gasteiger partial charge is 0.247 e. The minimum atomic E-state index is -0.702. The van der Waals surface area contributed by atoms with Crippen molar-refractivity contribution in [3.05, 3.63) is 59.9 Å². The van der Waals surface area contributed by atoms with Gasteiger partial charge in [-0.1, -0.05) is 45.0 Å². The zero-order valence-corrected chi connectivity index (χ0v) is 21.1. The Labute approximate surface area is 206 Å². The summed E-state index contributed by atoms with van der Waals surface area (Å²) in [5.74, 6) is 0.506. The van der Waals surface area contributed by atoms with Gasteiger partial charge in [0, 0.05) is 31.1 Å². The zero-order valence-electron chi connectivity index (χ0n) is 21.1. The summed E-state index contributed by atoms with van der Waals surface area (Å²) in [5, 5.41) is 14.7. The highest BCUT2D eigenvalue weighted by Crippen LogP contribution is 2.27. The fraction of sp³-hybridized carbons (Fsp3) is 0.481. The molecule has 2 aromatic heterocycles. The highest BCUT2D eigenvalue weighted by molar-refractivity contribution is 5.91. The Morgan fingerprint density at radius 2 is 1.94 bits per heavy atom. The first-order valence-corrected chi connectivity index (χ1v) is 12.1. The third-order valence-corrected chi connectivity index (χ3v) is 6.78. The highest BCUT2D eigenvalue weighted by Gasteiger charge is 2.40. The molecule has 0 bridgehead atoms. The van der Waals surface area contributed by atoms with Crippen LogP contribution in [-0.4, -0.2) is 55.2 Å². The molecule has 4 rings (SSSR count). The van der Waals surface area contributed by atoms with E-state index < -0.39 is 18.2 Å². The summed E-state index contributed by atoms with van der Waals surface area (Å²) in [6.07, 6.45) is 5.52.